The number of carbonyl (C=O) groups excluding carboxylic acids is 1. The fourth-order valence-electron chi connectivity index (χ4n) is 1.56. The summed E-state index contributed by atoms with van der Waals surface area (Å²) < 4.78 is 0. The summed E-state index contributed by atoms with van der Waals surface area (Å²) in [6.45, 7) is 9.39. The third kappa shape index (κ3) is 4.33. The van der Waals surface area contributed by atoms with Gasteiger partial charge >= 0.3 is 0 Å². The molecule has 0 aliphatic heterocycles. The monoisotopic (exact) mass is 210 g/mol. The number of hydrogen-bond acceptors (Lipinski definition) is 2. The maximum atomic E-state index is 11.8. The number of nitrogens with zero attached hydrogens (tertiary/aromatic N) is 2. The molecule has 1 amide bonds. The van der Waals surface area contributed by atoms with E-state index in [1.807, 2.05) is 13.0 Å². The van der Waals surface area contributed by atoms with Gasteiger partial charge in [0.15, 0.2) is 0 Å². The van der Waals surface area contributed by atoms with Crippen molar-refractivity contribution in [1.82, 2.24) is 4.90 Å². The Labute approximate surface area is 93.1 Å². The highest BCUT2D eigenvalue weighted by Gasteiger charge is 2.20. The van der Waals surface area contributed by atoms with Crippen molar-refractivity contribution < 1.29 is 4.79 Å². The van der Waals surface area contributed by atoms with E-state index in [1.165, 1.54) is 0 Å². The second-order valence-corrected chi connectivity index (χ2v) is 3.91. The van der Waals surface area contributed by atoms with Crippen LogP contribution in [0.25, 0.3) is 0 Å². The highest BCUT2D eigenvalue weighted by atomic mass is 16.2. The van der Waals surface area contributed by atoms with Gasteiger partial charge in [-0.1, -0.05) is 26.7 Å². The molecule has 0 aromatic carbocycles. The average molecular weight is 210 g/mol. The SMILES string of the molecule is CCC(CC)CN(CC)C(=O)C(C)C#N. The molecule has 0 saturated carbocycles. The molecule has 86 valence electrons. The van der Waals surface area contributed by atoms with Crippen LogP contribution < -0.4 is 0 Å². The van der Waals surface area contributed by atoms with Crippen LogP contribution in [0.2, 0.25) is 0 Å². The van der Waals surface area contributed by atoms with Crippen molar-refractivity contribution in [3.05, 3.63) is 0 Å². The molecule has 0 fully saturated rings. The van der Waals surface area contributed by atoms with Crippen LogP contribution in [0.3, 0.4) is 0 Å². The number of amides is 1. The van der Waals surface area contributed by atoms with Gasteiger partial charge in [-0.2, -0.15) is 5.26 Å². The molecule has 0 aliphatic rings. The number of carbonyl (C=O) groups is 1. The minimum atomic E-state index is -0.515. The molecule has 3 heteroatoms. The second kappa shape index (κ2) is 7.28. The van der Waals surface area contributed by atoms with E-state index in [9.17, 15) is 4.79 Å². The summed E-state index contributed by atoms with van der Waals surface area (Å²) in [5.41, 5.74) is 0. The van der Waals surface area contributed by atoms with Gasteiger partial charge in [0.25, 0.3) is 0 Å². The smallest absolute Gasteiger partial charge is 0.239 e. The zero-order chi connectivity index (χ0) is 11.8. The molecule has 0 heterocycles. The summed E-state index contributed by atoms with van der Waals surface area (Å²) in [4.78, 5) is 13.6. The first kappa shape index (κ1) is 14.0. The molecule has 1 atom stereocenters. The van der Waals surface area contributed by atoms with Crippen LogP contribution in [0.5, 0.6) is 0 Å². The van der Waals surface area contributed by atoms with Gasteiger partial charge in [0.2, 0.25) is 5.91 Å². The Kier molecular flexibility index (Phi) is 6.77. The first-order chi connectivity index (χ1) is 7.10. The Morgan fingerprint density at radius 3 is 2.20 bits per heavy atom. The quantitative estimate of drug-likeness (QED) is 0.676. The maximum Gasteiger partial charge on any atom is 0.239 e. The molecule has 3 nitrogen and oxygen atoms in total. The minimum Gasteiger partial charge on any atom is -0.342 e. The van der Waals surface area contributed by atoms with Crippen molar-refractivity contribution in [3.63, 3.8) is 0 Å². The van der Waals surface area contributed by atoms with Crippen LogP contribution in [0.4, 0.5) is 0 Å². The molecule has 0 aromatic rings. The van der Waals surface area contributed by atoms with Crippen LogP contribution in [0.15, 0.2) is 0 Å². The van der Waals surface area contributed by atoms with Gasteiger partial charge in [-0.05, 0) is 19.8 Å². The summed E-state index contributed by atoms with van der Waals surface area (Å²) in [5.74, 6) is 0.00556. The molecule has 15 heavy (non-hydrogen) atoms. The Morgan fingerprint density at radius 1 is 1.33 bits per heavy atom. The molecule has 0 spiro atoms. The van der Waals surface area contributed by atoms with Gasteiger partial charge in [0, 0.05) is 13.1 Å². The molecule has 0 radical (unpaired) electrons. The van der Waals surface area contributed by atoms with E-state index in [-0.39, 0.29) is 5.91 Å². The van der Waals surface area contributed by atoms with E-state index in [1.54, 1.807) is 11.8 Å². The molecule has 0 bridgehead atoms. The summed E-state index contributed by atoms with van der Waals surface area (Å²) in [5, 5.41) is 8.70. The lowest BCUT2D eigenvalue weighted by Crippen LogP contribution is -2.38. The molecule has 1 unspecified atom stereocenters. The number of rotatable bonds is 6. The third-order valence-corrected chi connectivity index (χ3v) is 2.89. The molecule has 0 saturated heterocycles. The third-order valence-electron chi connectivity index (χ3n) is 2.89. The van der Waals surface area contributed by atoms with Crippen LogP contribution in [0.1, 0.15) is 40.5 Å². The molecule has 0 N–H and O–H groups in total. The summed E-state index contributed by atoms with van der Waals surface area (Å²) >= 11 is 0. The predicted molar refractivity (Wildman–Crippen MR) is 61.1 cm³/mol. The Hall–Kier alpha value is -1.04. The van der Waals surface area contributed by atoms with Crippen molar-refractivity contribution in [3.8, 4) is 6.07 Å². The minimum absolute atomic E-state index is 0.0353. The lowest BCUT2D eigenvalue weighted by Gasteiger charge is -2.26. The fraction of sp³-hybridized carbons (Fsp3) is 0.833. The first-order valence-corrected chi connectivity index (χ1v) is 5.78. The summed E-state index contributed by atoms with van der Waals surface area (Å²) in [6.07, 6.45) is 2.17. The zero-order valence-electron chi connectivity index (χ0n) is 10.3. The van der Waals surface area contributed by atoms with Gasteiger partial charge in [-0.3, -0.25) is 4.79 Å². The Morgan fingerprint density at radius 2 is 1.87 bits per heavy atom. The Balaban J connectivity index is 4.37. The van der Waals surface area contributed by atoms with Crippen LogP contribution in [0, 0.1) is 23.2 Å². The van der Waals surface area contributed by atoms with Crippen molar-refractivity contribution >= 4 is 5.91 Å². The lowest BCUT2D eigenvalue weighted by molar-refractivity contribution is -0.133. The van der Waals surface area contributed by atoms with Crippen molar-refractivity contribution in [2.45, 2.75) is 40.5 Å². The fourth-order valence-corrected chi connectivity index (χ4v) is 1.56. The molecular formula is C12H22N2O. The van der Waals surface area contributed by atoms with Crippen LogP contribution in [-0.4, -0.2) is 23.9 Å². The van der Waals surface area contributed by atoms with E-state index in [0.29, 0.717) is 12.5 Å². The summed E-state index contributed by atoms with van der Waals surface area (Å²) in [6, 6.07) is 2.00. The van der Waals surface area contributed by atoms with Gasteiger partial charge in [-0.25, -0.2) is 0 Å². The van der Waals surface area contributed by atoms with Crippen molar-refractivity contribution in [2.24, 2.45) is 11.8 Å². The van der Waals surface area contributed by atoms with E-state index in [2.05, 4.69) is 13.8 Å². The molecule has 0 aromatic heterocycles. The number of nitriles is 1. The topological polar surface area (TPSA) is 44.1 Å². The lowest BCUT2D eigenvalue weighted by atomic mass is 10.0. The van der Waals surface area contributed by atoms with E-state index >= 15 is 0 Å². The average Bonchev–Trinajstić information content (AvgIpc) is 2.29. The largest absolute Gasteiger partial charge is 0.342 e. The maximum absolute atomic E-state index is 11.8. The molecule has 0 rings (SSSR count). The van der Waals surface area contributed by atoms with Crippen LogP contribution in [-0.2, 0) is 4.79 Å². The molecular weight excluding hydrogens is 188 g/mol. The van der Waals surface area contributed by atoms with E-state index in [4.69, 9.17) is 5.26 Å². The van der Waals surface area contributed by atoms with Crippen molar-refractivity contribution in [2.75, 3.05) is 13.1 Å². The predicted octanol–water partition coefficient (Wildman–Crippen LogP) is 2.43. The highest BCUT2D eigenvalue weighted by Crippen LogP contribution is 2.12. The van der Waals surface area contributed by atoms with Gasteiger partial charge in [0.05, 0.1) is 6.07 Å². The van der Waals surface area contributed by atoms with Gasteiger partial charge < -0.3 is 4.90 Å². The van der Waals surface area contributed by atoms with E-state index < -0.39 is 5.92 Å². The highest BCUT2D eigenvalue weighted by molar-refractivity contribution is 5.80. The second-order valence-electron chi connectivity index (χ2n) is 3.91. The molecule has 0 aliphatic carbocycles. The normalized spacial score (nSPS) is 12.3. The van der Waals surface area contributed by atoms with Gasteiger partial charge in [-0.15, -0.1) is 0 Å². The zero-order valence-corrected chi connectivity index (χ0v) is 10.3. The number of hydrogen-bond donors (Lipinski definition) is 0. The Bertz CT molecular complexity index is 228. The van der Waals surface area contributed by atoms with E-state index in [0.717, 1.165) is 19.4 Å². The summed E-state index contributed by atoms with van der Waals surface area (Å²) in [7, 11) is 0. The van der Waals surface area contributed by atoms with Gasteiger partial charge in [0.1, 0.15) is 5.92 Å². The van der Waals surface area contributed by atoms with Crippen molar-refractivity contribution in [1.29, 1.82) is 5.26 Å². The standard InChI is InChI=1S/C12H22N2O/c1-5-11(6-2)9-14(7-3)12(15)10(4)8-13/h10-11H,5-7,9H2,1-4H3. The first-order valence-electron chi connectivity index (χ1n) is 5.78. The van der Waals surface area contributed by atoms with Crippen LogP contribution >= 0.6 is 0 Å².